The highest BCUT2D eigenvalue weighted by Crippen LogP contribution is 2.25. The fourth-order valence-corrected chi connectivity index (χ4v) is 4.03. The summed E-state index contributed by atoms with van der Waals surface area (Å²) in [7, 11) is 6.15. The van der Waals surface area contributed by atoms with Gasteiger partial charge in [0.2, 0.25) is 0 Å². The summed E-state index contributed by atoms with van der Waals surface area (Å²) in [6.07, 6.45) is 4.09. The van der Waals surface area contributed by atoms with Crippen molar-refractivity contribution in [3.8, 4) is 0 Å². The fourth-order valence-electron chi connectivity index (χ4n) is 2.06. The van der Waals surface area contributed by atoms with Crippen molar-refractivity contribution in [3.05, 3.63) is 0 Å². The van der Waals surface area contributed by atoms with Crippen LogP contribution in [0.15, 0.2) is 0 Å². The van der Waals surface area contributed by atoms with E-state index in [1.165, 1.54) is 51.2 Å². The second-order valence-corrected chi connectivity index (χ2v) is 8.53. The summed E-state index contributed by atoms with van der Waals surface area (Å²) in [6, 6.07) is 0. The molecular weight excluding hydrogens is 260 g/mol. The molecule has 0 amide bonds. The molecule has 0 spiro atoms. The fraction of sp³-hybridized carbons (Fsp3) is 1.00. The third-order valence-corrected chi connectivity index (χ3v) is 6.04. The normalized spacial score (nSPS) is 19.0. The van der Waals surface area contributed by atoms with Crippen molar-refractivity contribution >= 4 is 21.8 Å². The Morgan fingerprint density at radius 3 is 2.56 bits per heavy atom. The molecule has 1 fully saturated rings. The number of nitrogens with zero attached hydrogens (tertiary/aromatic N) is 2. The zero-order valence-corrected chi connectivity index (χ0v) is 14.2. The summed E-state index contributed by atoms with van der Waals surface area (Å²) in [4.78, 5) is 2.63. The average Bonchev–Trinajstić information content (AvgIpc) is 2.34. The van der Waals surface area contributed by atoms with Crippen LogP contribution < -0.4 is 0 Å². The first kappa shape index (κ1) is 16.7. The smallest absolute Gasteiger partial charge is 0.0177 e. The highest BCUT2D eigenvalue weighted by molar-refractivity contribution is 8.75. The molecule has 1 rings (SSSR count). The molecule has 1 heterocycles. The second kappa shape index (κ2) is 9.51. The monoisotopic (exact) mass is 290 g/mol. The van der Waals surface area contributed by atoms with Crippen molar-refractivity contribution < 1.29 is 0 Å². The first-order valence-electron chi connectivity index (χ1n) is 7.31. The van der Waals surface area contributed by atoms with Crippen LogP contribution in [0.1, 0.15) is 40.0 Å². The van der Waals surface area contributed by atoms with Crippen molar-refractivity contribution in [2.45, 2.75) is 40.0 Å². The lowest BCUT2D eigenvalue weighted by molar-refractivity contribution is 0.203. The van der Waals surface area contributed by atoms with E-state index in [2.05, 4.69) is 37.0 Å². The summed E-state index contributed by atoms with van der Waals surface area (Å²) in [5, 5.41) is 0. The average molecular weight is 291 g/mol. The second-order valence-electron chi connectivity index (χ2n) is 5.95. The molecule has 0 unspecified atom stereocenters. The van der Waals surface area contributed by atoms with E-state index in [1.54, 1.807) is 0 Å². The van der Waals surface area contributed by atoms with Gasteiger partial charge in [-0.1, -0.05) is 31.6 Å². The first-order chi connectivity index (χ1) is 8.58. The van der Waals surface area contributed by atoms with E-state index >= 15 is 0 Å². The maximum Gasteiger partial charge on any atom is 0.0177 e. The zero-order valence-electron chi connectivity index (χ0n) is 12.5. The van der Waals surface area contributed by atoms with Crippen LogP contribution in [0.3, 0.4) is 0 Å². The third-order valence-electron chi connectivity index (χ3n) is 3.57. The van der Waals surface area contributed by atoms with Gasteiger partial charge in [0.1, 0.15) is 0 Å². The first-order valence-corrected chi connectivity index (χ1v) is 9.58. The van der Waals surface area contributed by atoms with Crippen LogP contribution in [-0.4, -0.2) is 48.2 Å². The molecule has 1 aliphatic rings. The van der Waals surface area contributed by atoms with Gasteiger partial charge >= 0.3 is 0 Å². The van der Waals surface area contributed by atoms with Crippen LogP contribution in [-0.2, 0) is 0 Å². The molecule has 1 aliphatic heterocycles. The Hall–Kier alpha value is 0.620. The Labute approximate surface area is 122 Å². The van der Waals surface area contributed by atoms with E-state index in [0.29, 0.717) is 0 Å². The van der Waals surface area contributed by atoms with Crippen LogP contribution in [0.25, 0.3) is 0 Å². The molecule has 108 valence electrons. The van der Waals surface area contributed by atoms with Gasteiger partial charge < -0.3 is 4.90 Å². The standard InChI is InChI=1S/C14H30N2S2/c1-13(2)5-8-15(4)18-17-12-11-16-9-6-14(3)7-10-16/h13-14H,5-12H2,1-4H3. The highest BCUT2D eigenvalue weighted by Gasteiger charge is 2.14. The van der Waals surface area contributed by atoms with Gasteiger partial charge in [0.15, 0.2) is 0 Å². The van der Waals surface area contributed by atoms with Gasteiger partial charge in [0.25, 0.3) is 0 Å². The van der Waals surface area contributed by atoms with E-state index in [-0.39, 0.29) is 0 Å². The molecule has 0 atom stereocenters. The molecule has 1 saturated heterocycles. The van der Waals surface area contributed by atoms with Crippen molar-refractivity contribution in [2.24, 2.45) is 11.8 Å². The van der Waals surface area contributed by atoms with Crippen molar-refractivity contribution in [3.63, 3.8) is 0 Å². The van der Waals surface area contributed by atoms with Gasteiger partial charge in [-0.25, -0.2) is 4.31 Å². The molecule has 0 aromatic heterocycles. The largest absolute Gasteiger partial charge is 0.302 e. The Morgan fingerprint density at radius 1 is 1.28 bits per heavy atom. The van der Waals surface area contributed by atoms with E-state index in [9.17, 15) is 0 Å². The number of hydrogen-bond acceptors (Lipinski definition) is 4. The molecule has 0 radical (unpaired) electrons. The topological polar surface area (TPSA) is 6.48 Å². The summed E-state index contributed by atoms with van der Waals surface area (Å²) >= 11 is 0. The maximum absolute atomic E-state index is 2.63. The van der Waals surface area contributed by atoms with E-state index in [1.807, 2.05) is 21.8 Å². The zero-order chi connectivity index (χ0) is 13.4. The Morgan fingerprint density at radius 2 is 1.94 bits per heavy atom. The maximum atomic E-state index is 2.63. The Kier molecular flexibility index (Phi) is 8.81. The van der Waals surface area contributed by atoms with Crippen LogP contribution in [0, 0.1) is 11.8 Å². The minimum Gasteiger partial charge on any atom is -0.302 e. The van der Waals surface area contributed by atoms with Crippen LogP contribution >= 0.6 is 21.8 Å². The summed E-state index contributed by atoms with van der Waals surface area (Å²) in [5.74, 6) is 3.02. The number of hydrogen-bond donors (Lipinski definition) is 0. The van der Waals surface area contributed by atoms with Crippen LogP contribution in [0.5, 0.6) is 0 Å². The van der Waals surface area contributed by atoms with Crippen molar-refractivity contribution in [1.29, 1.82) is 0 Å². The lowest BCUT2D eigenvalue weighted by atomic mass is 9.99. The predicted molar refractivity (Wildman–Crippen MR) is 87.0 cm³/mol. The van der Waals surface area contributed by atoms with Gasteiger partial charge in [-0.3, -0.25) is 0 Å². The summed E-state index contributed by atoms with van der Waals surface area (Å²) in [5.41, 5.74) is 0. The lowest BCUT2D eigenvalue weighted by Crippen LogP contribution is -2.34. The lowest BCUT2D eigenvalue weighted by Gasteiger charge is -2.30. The van der Waals surface area contributed by atoms with Gasteiger partial charge in [0, 0.05) is 18.8 Å². The van der Waals surface area contributed by atoms with Crippen molar-refractivity contribution in [1.82, 2.24) is 9.21 Å². The van der Waals surface area contributed by atoms with E-state index in [4.69, 9.17) is 0 Å². The molecule has 4 heteroatoms. The van der Waals surface area contributed by atoms with Gasteiger partial charge in [0.05, 0.1) is 0 Å². The minimum atomic E-state index is 0.813. The molecule has 0 bridgehead atoms. The minimum absolute atomic E-state index is 0.813. The predicted octanol–water partition coefficient (Wildman–Crippen LogP) is 3.99. The Balaban J connectivity index is 1.94. The van der Waals surface area contributed by atoms with E-state index in [0.717, 1.165) is 11.8 Å². The number of piperidine rings is 1. The molecule has 0 aliphatic carbocycles. The summed E-state index contributed by atoms with van der Waals surface area (Å²) < 4.78 is 2.38. The Bertz CT molecular complexity index is 204. The molecule has 0 aromatic carbocycles. The molecule has 0 aromatic rings. The molecule has 2 nitrogen and oxygen atoms in total. The SMILES string of the molecule is CC(C)CCN(C)SSCCN1CCC(C)CC1. The van der Waals surface area contributed by atoms with Crippen LogP contribution in [0.4, 0.5) is 0 Å². The van der Waals surface area contributed by atoms with Gasteiger partial charge in [-0.2, -0.15) is 0 Å². The molecule has 0 saturated carbocycles. The molecule has 18 heavy (non-hydrogen) atoms. The molecular formula is C14H30N2S2. The van der Waals surface area contributed by atoms with Gasteiger partial charge in [-0.15, -0.1) is 0 Å². The quantitative estimate of drug-likeness (QED) is 0.378. The molecule has 0 N–H and O–H groups in total. The number of likely N-dealkylation sites (tertiary alicyclic amines) is 1. The van der Waals surface area contributed by atoms with E-state index < -0.39 is 0 Å². The van der Waals surface area contributed by atoms with Gasteiger partial charge in [-0.05, 0) is 62.2 Å². The number of rotatable bonds is 8. The van der Waals surface area contributed by atoms with Crippen LogP contribution in [0.2, 0.25) is 0 Å². The summed E-state index contributed by atoms with van der Waals surface area (Å²) in [6.45, 7) is 12.1. The highest BCUT2D eigenvalue weighted by atomic mass is 33.1. The van der Waals surface area contributed by atoms with Crippen molar-refractivity contribution in [2.75, 3.05) is 39.0 Å². The third kappa shape index (κ3) is 7.93.